The normalized spacial score (nSPS) is 17.4. The zero-order chi connectivity index (χ0) is 15.9. The first-order valence-electron chi connectivity index (χ1n) is 6.16. The van der Waals surface area contributed by atoms with E-state index in [-0.39, 0.29) is 9.92 Å². The first-order chi connectivity index (χ1) is 10.4. The van der Waals surface area contributed by atoms with E-state index < -0.39 is 21.0 Å². The molecule has 22 heavy (non-hydrogen) atoms. The van der Waals surface area contributed by atoms with E-state index in [0.29, 0.717) is 16.7 Å². The molecule has 1 aliphatic heterocycles. The molecule has 0 fully saturated rings. The second-order valence-corrected chi connectivity index (χ2v) is 7.58. The Labute approximate surface area is 136 Å². The van der Waals surface area contributed by atoms with Crippen molar-refractivity contribution in [3.63, 3.8) is 0 Å². The third kappa shape index (κ3) is 2.65. The Bertz CT molecular complexity index is 910. The van der Waals surface area contributed by atoms with E-state index in [4.69, 9.17) is 22.3 Å². The molecule has 0 saturated carbocycles. The number of carbonyl (C=O) groups excluding carboxylic acids is 1. The van der Waals surface area contributed by atoms with E-state index in [2.05, 4.69) is 10.2 Å². The molecule has 0 saturated heterocycles. The SMILES string of the molecule is O=C1N=NC(c2ccc(Cl)c(S(=O)(=O)Cl)c2)c2ccccc21. The summed E-state index contributed by atoms with van der Waals surface area (Å²) in [5.41, 5.74) is 1.63. The second-order valence-electron chi connectivity index (χ2n) is 4.64. The molecule has 0 N–H and O–H groups in total. The maximum Gasteiger partial charge on any atom is 0.295 e. The number of halogens is 2. The van der Waals surface area contributed by atoms with Crippen molar-refractivity contribution in [3.05, 3.63) is 64.2 Å². The van der Waals surface area contributed by atoms with Crippen molar-refractivity contribution < 1.29 is 13.2 Å². The molecule has 0 spiro atoms. The Morgan fingerprint density at radius 3 is 2.55 bits per heavy atom. The van der Waals surface area contributed by atoms with Crippen molar-refractivity contribution in [2.75, 3.05) is 0 Å². The number of benzene rings is 2. The molecule has 0 aliphatic carbocycles. The number of hydrogen-bond acceptors (Lipinski definition) is 4. The summed E-state index contributed by atoms with van der Waals surface area (Å²) in [5.74, 6) is -0.425. The first kappa shape index (κ1) is 15.1. The van der Waals surface area contributed by atoms with E-state index in [9.17, 15) is 13.2 Å². The maximum atomic E-state index is 11.7. The van der Waals surface area contributed by atoms with Gasteiger partial charge in [0.1, 0.15) is 10.9 Å². The predicted molar refractivity (Wildman–Crippen MR) is 82.0 cm³/mol. The van der Waals surface area contributed by atoms with Gasteiger partial charge in [0, 0.05) is 16.2 Å². The Kier molecular flexibility index (Phi) is 3.76. The number of carbonyl (C=O) groups is 1. The van der Waals surface area contributed by atoms with Gasteiger partial charge < -0.3 is 0 Å². The van der Waals surface area contributed by atoms with Crippen LogP contribution in [0, 0.1) is 0 Å². The van der Waals surface area contributed by atoms with Crippen LogP contribution in [0.2, 0.25) is 5.02 Å². The highest BCUT2D eigenvalue weighted by molar-refractivity contribution is 8.13. The van der Waals surface area contributed by atoms with Crippen LogP contribution in [0.1, 0.15) is 27.5 Å². The molecule has 2 aromatic rings. The van der Waals surface area contributed by atoms with Crippen molar-refractivity contribution >= 4 is 37.2 Å². The molecular formula is C14H8Cl2N2O3S. The largest absolute Gasteiger partial charge is 0.295 e. The maximum absolute atomic E-state index is 11.7. The van der Waals surface area contributed by atoms with Gasteiger partial charge in [-0.3, -0.25) is 4.79 Å². The lowest BCUT2D eigenvalue weighted by Crippen LogP contribution is -2.11. The van der Waals surface area contributed by atoms with Crippen LogP contribution in [0.4, 0.5) is 0 Å². The van der Waals surface area contributed by atoms with E-state index in [0.717, 1.165) is 0 Å². The fourth-order valence-corrected chi connectivity index (χ4v) is 3.78. The lowest BCUT2D eigenvalue weighted by atomic mass is 9.94. The Balaban J connectivity index is 2.17. The van der Waals surface area contributed by atoms with Gasteiger partial charge in [0.05, 0.1) is 5.02 Å². The summed E-state index contributed by atoms with van der Waals surface area (Å²) in [5, 5.41) is 7.61. The molecule has 5 nitrogen and oxygen atoms in total. The van der Waals surface area contributed by atoms with Gasteiger partial charge in [-0.15, -0.1) is 5.11 Å². The van der Waals surface area contributed by atoms with Gasteiger partial charge >= 0.3 is 0 Å². The van der Waals surface area contributed by atoms with Crippen LogP contribution < -0.4 is 0 Å². The monoisotopic (exact) mass is 354 g/mol. The van der Waals surface area contributed by atoms with E-state index >= 15 is 0 Å². The fraction of sp³-hybridized carbons (Fsp3) is 0.0714. The summed E-state index contributed by atoms with van der Waals surface area (Å²) in [4.78, 5) is 11.5. The number of rotatable bonds is 2. The van der Waals surface area contributed by atoms with Gasteiger partial charge in [-0.2, -0.15) is 5.11 Å². The zero-order valence-corrected chi connectivity index (χ0v) is 13.2. The van der Waals surface area contributed by atoms with Crippen molar-refractivity contribution in [1.82, 2.24) is 0 Å². The van der Waals surface area contributed by atoms with Crippen LogP contribution in [0.5, 0.6) is 0 Å². The molecule has 0 radical (unpaired) electrons. The van der Waals surface area contributed by atoms with Crippen LogP contribution in [-0.4, -0.2) is 14.3 Å². The summed E-state index contributed by atoms with van der Waals surface area (Å²) in [6.45, 7) is 0. The topological polar surface area (TPSA) is 75.9 Å². The van der Waals surface area contributed by atoms with Gasteiger partial charge in [-0.05, 0) is 29.3 Å². The molecule has 1 amide bonds. The summed E-state index contributed by atoms with van der Waals surface area (Å²) in [6.07, 6.45) is 0. The van der Waals surface area contributed by atoms with E-state index in [1.54, 1.807) is 30.3 Å². The quantitative estimate of drug-likeness (QED) is 0.765. The first-order valence-corrected chi connectivity index (χ1v) is 8.85. The average Bonchev–Trinajstić information content (AvgIpc) is 2.48. The third-order valence-electron chi connectivity index (χ3n) is 3.28. The number of azo groups is 1. The minimum absolute atomic E-state index is 0.0239. The van der Waals surface area contributed by atoms with Crippen molar-refractivity contribution in [1.29, 1.82) is 0 Å². The van der Waals surface area contributed by atoms with Crippen LogP contribution in [0.25, 0.3) is 0 Å². The molecule has 1 atom stereocenters. The molecule has 112 valence electrons. The second kappa shape index (κ2) is 5.46. The van der Waals surface area contributed by atoms with Crippen LogP contribution >= 0.6 is 22.3 Å². The molecule has 3 rings (SSSR count). The fourth-order valence-electron chi connectivity index (χ4n) is 2.28. The van der Waals surface area contributed by atoms with Crippen LogP contribution in [-0.2, 0) is 9.05 Å². The number of nitrogens with zero attached hydrogens (tertiary/aromatic N) is 2. The van der Waals surface area contributed by atoms with Crippen LogP contribution in [0.3, 0.4) is 0 Å². The molecule has 8 heteroatoms. The zero-order valence-electron chi connectivity index (χ0n) is 10.9. The molecule has 1 unspecified atom stereocenters. The summed E-state index contributed by atoms with van der Waals surface area (Å²) >= 11 is 5.87. The Morgan fingerprint density at radius 1 is 1.09 bits per heavy atom. The minimum Gasteiger partial charge on any atom is -0.265 e. The molecular weight excluding hydrogens is 347 g/mol. The average molecular weight is 355 g/mol. The molecule has 1 aliphatic rings. The number of amides is 1. The number of hydrogen-bond donors (Lipinski definition) is 0. The molecule has 1 heterocycles. The van der Waals surface area contributed by atoms with Gasteiger partial charge in [0.25, 0.3) is 15.0 Å². The summed E-state index contributed by atoms with van der Waals surface area (Å²) < 4.78 is 23.1. The summed E-state index contributed by atoms with van der Waals surface area (Å²) in [7, 11) is 1.40. The number of fused-ring (bicyclic) bond motifs is 1. The van der Waals surface area contributed by atoms with E-state index in [1.807, 2.05) is 0 Å². The van der Waals surface area contributed by atoms with Crippen molar-refractivity contribution in [2.24, 2.45) is 10.2 Å². The standard InChI is InChI=1S/C14H8Cl2N2O3S/c15-11-6-5-8(7-12(11)22(16,20)21)13-9-3-1-2-4-10(9)14(19)18-17-13/h1-7,13H. The highest BCUT2D eigenvalue weighted by atomic mass is 35.7. The van der Waals surface area contributed by atoms with Gasteiger partial charge in [0.15, 0.2) is 0 Å². The highest BCUT2D eigenvalue weighted by Crippen LogP contribution is 2.36. The van der Waals surface area contributed by atoms with Crippen molar-refractivity contribution in [2.45, 2.75) is 10.9 Å². The van der Waals surface area contributed by atoms with E-state index in [1.165, 1.54) is 12.1 Å². The minimum atomic E-state index is -3.98. The van der Waals surface area contributed by atoms with Crippen LogP contribution in [0.15, 0.2) is 57.6 Å². The third-order valence-corrected chi connectivity index (χ3v) is 5.09. The lowest BCUT2D eigenvalue weighted by Gasteiger charge is -2.19. The summed E-state index contributed by atoms with van der Waals surface area (Å²) in [6, 6.07) is 10.7. The Morgan fingerprint density at radius 2 is 1.82 bits per heavy atom. The smallest absolute Gasteiger partial charge is 0.265 e. The molecule has 2 aromatic carbocycles. The van der Waals surface area contributed by atoms with Gasteiger partial charge in [-0.25, -0.2) is 8.42 Å². The highest BCUT2D eigenvalue weighted by Gasteiger charge is 2.26. The predicted octanol–water partition coefficient (Wildman–Crippen LogP) is 3.96. The van der Waals surface area contributed by atoms with Gasteiger partial charge in [-0.1, -0.05) is 35.9 Å². The molecule has 0 bridgehead atoms. The Hall–Kier alpha value is -1.76. The van der Waals surface area contributed by atoms with Crippen molar-refractivity contribution in [3.8, 4) is 0 Å². The lowest BCUT2D eigenvalue weighted by molar-refractivity contribution is 0.0986. The molecule has 0 aromatic heterocycles. The van der Waals surface area contributed by atoms with Gasteiger partial charge in [0.2, 0.25) is 0 Å².